The molecule has 1 atom stereocenters. The van der Waals surface area contributed by atoms with Crippen molar-refractivity contribution in [2.45, 2.75) is 11.7 Å². The van der Waals surface area contributed by atoms with E-state index in [-0.39, 0.29) is 19.3 Å². The Hall–Kier alpha value is -2.46. The van der Waals surface area contributed by atoms with Gasteiger partial charge in [-0.25, -0.2) is 0 Å². The Morgan fingerprint density at radius 3 is 1.42 bits per heavy atom. The van der Waals surface area contributed by atoms with Crippen LogP contribution in [0.1, 0.15) is 16.7 Å². The highest BCUT2D eigenvalue weighted by Crippen LogP contribution is 2.40. The highest BCUT2D eigenvalue weighted by Gasteiger charge is 2.38. The summed E-state index contributed by atoms with van der Waals surface area (Å²) in [6.07, 6.45) is -0.384. The molecule has 0 fully saturated rings. The summed E-state index contributed by atoms with van der Waals surface area (Å²) in [5.41, 5.74) is 2.32. The molecular weight excluding hydrogens is 324 g/mol. The summed E-state index contributed by atoms with van der Waals surface area (Å²) < 4.78 is 11.9. The number of aliphatic hydroxyl groups excluding tert-OH is 1. The normalized spacial score (nSPS) is 12.7. The van der Waals surface area contributed by atoms with Crippen molar-refractivity contribution >= 4 is 0 Å². The fraction of sp³-hybridized carbons (Fsp3) is 0.217. The van der Waals surface area contributed by atoms with Crippen molar-refractivity contribution in [3.63, 3.8) is 0 Å². The first-order chi connectivity index (χ1) is 12.8. The lowest BCUT2D eigenvalue weighted by molar-refractivity contribution is -0.0670. The fourth-order valence-corrected chi connectivity index (χ4v) is 3.18. The number of methoxy groups -OCH3 is 1. The molecule has 3 rings (SSSR count). The van der Waals surface area contributed by atoms with Gasteiger partial charge in [-0.1, -0.05) is 91.0 Å². The third-order valence-corrected chi connectivity index (χ3v) is 4.56. The van der Waals surface area contributed by atoms with E-state index in [9.17, 15) is 5.11 Å². The molecule has 0 aromatic heterocycles. The standard InChI is InChI=1S/C23H24O3/c1-25-22(17-24)18-26-23(19-11-5-2-6-12-19,20-13-7-3-8-14-20)21-15-9-4-10-16-21/h2-16,22,24H,17-18H2,1H3. The first-order valence-corrected chi connectivity index (χ1v) is 8.75. The Labute approximate surface area is 154 Å². The molecule has 0 aliphatic heterocycles. The summed E-state index contributed by atoms with van der Waals surface area (Å²) in [7, 11) is 1.58. The van der Waals surface area contributed by atoms with Gasteiger partial charge in [-0.3, -0.25) is 0 Å². The lowest BCUT2D eigenvalue weighted by Gasteiger charge is -2.36. The Kier molecular flexibility index (Phi) is 6.18. The molecule has 0 saturated heterocycles. The van der Waals surface area contributed by atoms with Gasteiger partial charge in [-0.15, -0.1) is 0 Å². The quantitative estimate of drug-likeness (QED) is 0.625. The minimum atomic E-state index is -0.782. The summed E-state index contributed by atoms with van der Waals surface area (Å²) in [6.45, 7) is 0.177. The molecule has 0 saturated carbocycles. The fourth-order valence-electron chi connectivity index (χ4n) is 3.18. The van der Waals surface area contributed by atoms with E-state index in [4.69, 9.17) is 9.47 Å². The second kappa shape index (κ2) is 8.77. The van der Waals surface area contributed by atoms with Crippen LogP contribution in [0.25, 0.3) is 0 Å². The smallest absolute Gasteiger partial charge is 0.143 e. The van der Waals surface area contributed by atoms with E-state index in [1.807, 2.05) is 54.6 Å². The Morgan fingerprint density at radius 2 is 1.12 bits per heavy atom. The number of hydrogen-bond acceptors (Lipinski definition) is 3. The second-order valence-corrected chi connectivity index (χ2v) is 6.13. The molecule has 1 unspecified atom stereocenters. The third kappa shape index (κ3) is 3.70. The molecule has 0 heterocycles. The molecule has 0 spiro atoms. The van der Waals surface area contributed by atoms with E-state index in [1.165, 1.54) is 0 Å². The van der Waals surface area contributed by atoms with Gasteiger partial charge < -0.3 is 14.6 Å². The molecule has 3 heteroatoms. The lowest BCUT2D eigenvalue weighted by Crippen LogP contribution is -2.37. The van der Waals surface area contributed by atoms with Crippen LogP contribution in [0.5, 0.6) is 0 Å². The number of hydrogen-bond donors (Lipinski definition) is 1. The van der Waals surface area contributed by atoms with E-state index < -0.39 is 5.60 Å². The molecule has 0 bridgehead atoms. The molecular formula is C23H24O3. The summed E-state index contributed by atoms with van der Waals surface area (Å²) in [6, 6.07) is 30.5. The van der Waals surface area contributed by atoms with Crippen LogP contribution in [0.3, 0.4) is 0 Å². The number of benzene rings is 3. The van der Waals surface area contributed by atoms with Crippen LogP contribution in [-0.4, -0.2) is 31.5 Å². The first-order valence-electron chi connectivity index (χ1n) is 8.75. The number of aliphatic hydroxyl groups is 1. The van der Waals surface area contributed by atoms with Gasteiger partial charge in [0.05, 0.1) is 13.2 Å². The average Bonchev–Trinajstić information content (AvgIpc) is 2.74. The lowest BCUT2D eigenvalue weighted by atomic mass is 9.80. The van der Waals surface area contributed by atoms with E-state index in [0.717, 1.165) is 16.7 Å². The highest BCUT2D eigenvalue weighted by atomic mass is 16.5. The maximum absolute atomic E-state index is 9.53. The van der Waals surface area contributed by atoms with Gasteiger partial charge in [0.1, 0.15) is 11.7 Å². The zero-order chi connectivity index (χ0) is 18.2. The predicted molar refractivity (Wildman–Crippen MR) is 103 cm³/mol. The SMILES string of the molecule is COC(CO)COC(c1ccccc1)(c1ccccc1)c1ccccc1. The van der Waals surface area contributed by atoms with Crippen LogP contribution in [0.2, 0.25) is 0 Å². The molecule has 1 N–H and O–H groups in total. The van der Waals surface area contributed by atoms with Crippen LogP contribution < -0.4 is 0 Å². The molecule has 0 aliphatic carbocycles. The van der Waals surface area contributed by atoms with Crippen LogP contribution in [0.4, 0.5) is 0 Å². The van der Waals surface area contributed by atoms with Crippen molar-refractivity contribution in [2.75, 3.05) is 20.3 Å². The van der Waals surface area contributed by atoms with Gasteiger partial charge in [0.2, 0.25) is 0 Å². The zero-order valence-electron chi connectivity index (χ0n) is 14.9. The minimum absolute atomic E-state index is 0.0923. The number of rotatable bonds is 8. The van der Waals surface area contributed by atoms with Crippen LogP contribution in [-0.2, 0) is 15.1 Å². The number of ether oxygens (including phenoxy) is 2. The van der Waals surface area contributed by atoms with Crippen molar-refractivity contribution < 1.29 is 14.6 Å². The molecule has 0 radical (unpaired) electrons. The molecule has 3 nitrogen and oxygen atoms in total. The van der Waals surface area contributed by atoms with Crippen molar-refractivity contribution in [2.24, 2.45) is 0 Å². The molecule has 3 aromatic rings. The molecule has 0 aliphatic rings. The first kappa shape index (κ1) is 18.3. The van der Waals surface area contributed by atoms with Gasteiger partial charge in [-0.05, 0) is 16.7 Å². The van der Waals surface area contributed by atoms with Crippen molar-refractivity contribution in [1.29, 1.82) is 0 Å². The summed E-state index contributed by atoms with van der Waals surface area (Å²) in [5, 5.41) is 9.53. The topological polar surface area (TPSA) is 38.7 Å². The van der Waals surface area contributed by atoms with Crippen molar-refractivity contribution in [3.05, 3.63) is 108 Å². The van der Waals surface area contributed by atoms with E-state index >= 15 is 0 Å². The minimum Gasteiger partial charge on any atom is -0.394 e. The van der Waals surface area contributed by atoms with E-state index in [0.29, 0.717) is 0 Å². The Balaban J connectivity index is 2.18. The van der Waals surface area contributed by atoms with Crippen LogP contribution in [0, 0.1) is 0 Å². The van der Waals surface area contributed by atoms with Crippen LogP contribution in [0.15, 0.2) is 91.0 Å². The summed E-state index contributed by atoms with van der Waals surface area (Å²) in [4.78, 5) is 0. The third-order valence-electron chi connectivity index (χ3n) is 4.56. The molecule has 26 heavy (non-hydrogen) atoms. The highest BCUT2D eigenvalue weighted by molar-refractivity contribution is 5.47. The van der Waals surface area contributed by atoms with Gasteiger partial charge in [0.25, 0.3) is 0 Å². The van der Waals surface area contributed by atoms with Gasteiger partial charge >= 0.3 is 0 Å². The molecule has 134 valence electrons. The monoisotopic (exact) mass is 348 g/mol. The largest absolute Gasteiger partial charge is 0.394 e. The Morgan fingerprint density at radius 1 is 0.731 bits per heavy atom. The molecule has 3 aromatic carbocycles. The second-order valence-electron chi connectivity index (χ2n) is 6.13. The summed E-state index contributed by atoms with van der Waals surface area (Å²) in [5.74, 6) is 0. The van der Waals surface area contributed by atoms with Crippen molar-refractivity contribution in [1.82, 2.24) is 0 Å². The zero-order valence-corrected chi connectivity index (χ0v) is 14.9. The Bertz CT molecular complexity index is 672. The maximum Gasteiger partial charge on any atom is 0.143 e. The average molecular weight is 348 g/mol. The van der Waals surface area contributed by atoms with E-state index in [1.54, 1.807) is 7.11 Å². The van der Waals surface area contributed by atoms with Gasteiger partial charge in [0.15, 0.2) is 0 Å². The predicted octanol–water partition coefficient (Wildman–Crippen LogP) is 4.00. The van der Waals surface area contributed by atoms with E-state index in [2.05, 4.69) is 36.4 Å². The van der Waals surface area contributed by atoms with Gasteiger partial charge in [-0.2, -0.15) is 0 Å². The van der Waals surface area contributed by atoms with Crippen molar-refractivity contribution in [3.8, 4) is 0 Å². The maximum atomic E-state index is 9.53. The van der Waals surface area contributed by atoms with Crippen LogP contribution >= 0.6 is 0 Å². The van der Waals surface area contributed by atoms with Gasteiger partial charge in [0, 0.05) is 7.11 Å². The summed E-state index contributed by atoms with van der Waals surface area (Å²) >= 11 is 0. The molecule has 0 amide bonds.